The van der Waals surface area contributed by atoms with Crippen LogP contribution in [0.1, 0.15) is 12.8 Å². The van der Waals surface area contributed by atoms with Crippen molar-refractivity contribution in [1.82, 2.24) is 0 Å². The molecule has 0 saturated carbocycles. The Labute approximate surface area is 93.9 Å². The van der Waals surface area contributed by atoms with Crippen LogP contribution in [-0.2, 0) is 9.53 Å². The van der Waals surface area contributed by atoms with E-state index in [1.165, 1.54) is 6.08 Å². The Morgan fingerprint density at radius 3 is 2.94 bits per heavy atom. The van der Waals surface area contributed by atoms with Crippen LogP contribution in [0.15, 0.2) is 29.3 Å². The number of hydrogen-bond acceptors (Lipinski definition) is 4. The summed E-state index contributed by atoms with van der Waals surface area (Å²) in [6.07, 6.45) is 3.52. The van der Waals surface area contributed by atoms with Crippen LogP contribution in [0.5, 0.6) is 5.75 Å². The summed E-state index contributed by atoms with van der Waals surface area (Å²) < 4.78 is 11.0. The summed E-state index contributed by atoms with van der Waals surface area (Å²) in [5, 5.41) is 0. The molecule has 0 N–H and O–H groups in total. The molecular formula is C12H13NO3. The average molecular weight is 219 g/mol. The van der Waals surface area contributed by atoms with Gasteiger partial charge in [0.15, 0.2) is 0 Å². The van der Waals surface area contributed by atoms with E-state index in [2.05, 4.69) is 4.99 Å². The summed E-state index contributed by atoms with van der Waals surface area (Å²) in [5.41, 5.74) is 0.569. The van der Waals surface area contributed by atoms with Gasteiger partial charge in [-0.05, 0) is 12.1 Å². The Bertz CT molecular complexity index is 393. The molecule has 0 bridgehead atoms. The molecular weight excluding hydrogens is 206 g/mol. The largest absolute Gasteiger partial charge is 0.490 e. The number of carbonyl (C=O) groups excluding carboxylic acids is 1. The highest BCUT2D eigenvalue weighted by molar-refractivity contribution is 5.51. The van der Waals surface area contributed by atoms with Crippen LogP contribution in [0.4, 0.5) is 5.69 Å². The van der Waals surface area contributed by atoms with Crippen LogP contribution in [0.3, 0.4) is 0 Å². The fourth-order valence-electron chi connectivity index (χ4n) is 1.67. The number of nitrogens with zero attached hydrogens (tertiary/aromatic N) is 1. The van der Waals surface area contributed by atoms with Gasteiger partial charge >= 0.3 is 0 Å². The van der Waals surface area contributed by atoms with Crippen molar-refractivity contribution in [3.05, 3.63) is 24.3 Å². The van der Waals surface area contributed by atoms with Crippen molar-refractivity contribution < 1.29 is 14.3 Å². The van der Waals surface area contributed by atoms with Crippen molar-refractivity contribution in [2.24, 2.45) is 4.99 Å². The number of rotatable bonds is 3. The molecule has 0 aromatic heterocycles. The lowest BCUT2D eigenvalue weighted by atomic mass is 10.1. The molecule has 0 radical (unpaired) electrons. The molecule has 0 atom stereocenters. The first kappa shape index (κ1) is 10.9. The highest BCUT2D eigenvalue weighted by Crippen LogP contribution is 2.22. The molecule has 0 amide bonds. The van der Waals surface area contributed by atoms with Gasteiger partial charge < -0.3 is 9.47 Å². The van der Waals surface area contributed by atoms with Gasteiger partial charge in [-0.3, -0.25) is 0 Å². The van der Waals surface area contributed by atoms with Crippen LogP contribution < -0.4 is 4.74 Å². The summed E-state index contributed by atoms with van der Waals surface area (Å²) >= 11 is 0. The highest BCUT2D eigenvalue weighted by Gasteiger charge is 2.15. The average Bonchev–Trinajstić information content (AvgIpc) is 2.31. The Kier molecular flexibility index (Phi) is 3.70. The lowest BCUT2D eigenvalue weighted by Crippen LogP contribution is -2.25. The van der Waals surface area contributed by atoms with Crippen molar-refractivity contribution in [2.75, 3.05) is 13.2 Å². The predicted octanol–water partition coefficient (Wildman–Crippen LogP) is 2.21. The maximum Gasteiger partial charge on any atom is 0.240 e. The molecule has 4 heteroatoms. The van der Waals surface area contributed by atoms with Crippen molar-refractivity contribution >= 4 is 11.8 Å². The quantitative estimate of drug-likeness (QED) is 0.578. The Hall–Kier alpha value is -1.64. The van der Waals surface area contributed by atoms with Gasteiger partial charge in [-0.1, -0.05) is 6.07 Å². The van der Waals surface area contributed by atoms with Crippen molar-refractivity contribution in [3.8, 4) is 5.75 Å². The maximum atomic E-state index is 10.1. The van der Waals surface area contributed by atoms with Gasteiger partial charge in [-0.25, -0.2) is 4.79 Å². The van der Waals surface area contributed by atoms with Crippen LogP contribution >= 0.6 is 0 Å². The van der Waals surface area contributed by atoms with Gasteiger partial charge in [-0.2, -0.15) is 4.99 Å². The van der Waals surface area contributed by atoms with E-state index in [-0.39, 0.29) is 6.10 Å². The second kappa shape index (κ2) is 5.45. The molecule has 1 saturated heterocycles. The second-order valence-electron chi connectivity index (χ2n) is 3.63. The van der Waals surface area contributed by atoms with Crippen LogP contribution in [0.2, 0.25) is 0 Å². The van der Waals surface area contributed by atoms with E-state index in [4.69, 9.17) is 9.47 Å². The van der Waals surface area contributed by atoms with Gasteiger partial charge in [-0.15, -0.1) is 0 Å². The summed E-state index contributed by atoms with van der Waals surface area (Å²) in [6.45, 7) is 1.49. The highest BCUT2D eigenvalue weighted by atomic mass is 16.5. The lowest BCUT2D eigenvalue weighted by molar-refractivity contribution is 0.0256. The molecule has 1 fully saturated rings. The third-order valence-corrected chi connectivity index (χ3v) is 2.46. The summed E-state index contributed by atoms with van der Waals surface area (Å²) in [6, 6.07) is 7.15. The fraction of sp³-hybridized carbons (Fsp3) is 0.417. The summed E-state index contributed by atoms with van der Waals surface area (Å²) in [5.74, 6) is 0.739. The normalized spacial score (nSPS) is 16.5. The van der Waals surface area contributed by atoms with Gasteiger partial charge in [0.25, 0.3) is 0 Å². The van der Waals surface area contributed by atoms with Gasteiger partial charge in [0, 0.05) is 18.9 Å². The second-order valence-corrected chi connectivity index (χ2v) is 3.63. The topological polar surface area (TPSA) is 47.9 Å². The van der Waals surface area contributed by atoms with Gasteiger partial charge in [0.2, 0.25) is 6.08 Å². The molecule has 16 heavy (non-hydrogen) atoms. The Morgan fingerprint density at radius 2 is 2.19 bits per heavy atom. The zero-order valence-electron chi connectivity index (χ0n) is 8.89. The van der Waals surface area contributed by atoms with E-state index in [9.17, 15) is 4.79 Å². The molecule has 2 rings (SSSR count). The first-order valence-corrected chi connectivity index (χ1v) is 5.31. The molecule has 1 aliphatic heterocycles. The van der Waals surface area contributed by atoms with E-state index >= 15 is 0 Å². The van der Waals surface area contributed by atoms with Crippen molar-refractivity contribution in [2.45, 2.75) is 18.9 Å². The van der Waals surface area contributed by atoms with Gasteiger partial charge in [0.05, 0.1) is 18.9 Å². The predicted molar refractivity (Wildman–Crippen MR) is 58.7 cm³/mol. The minimum atomic E-state index is 0.198. The van der Waals surface area contributed by atoms with Crippen molar-refractivity contribution in [1.29, 1.82) is 0 Å². The van der Waals surface area contributed by atoms with E-state index in [0.717, 1.165) is 31.8 Å². The fourth-order valence-corrected chi connectivity index (χ4v) is 1.67. The number of isocyanates is 1. The van der Waals surface area contributed by atoms with E-state index < -0.39 is 0 Å². The van der Waals surface area contributed by atoms with E-state index in [1.807, 2.05) is 12.1 Å². The van der Waals surface area contributed by atoms with Gasteiger partial charge in [0.1, 0.15) is 11.9 Å². The minimum absolute atomic E-state index is 0.198. The van der Waals surface area contributed by atoms with E-state index in [1.54, 1.807) is 12.1 Å². The summed E-state index contributed by atoms with van der Waals surface area (Å²) in [4.78, 5) is 13.7. The van der Waals surface area contributed by atoms with E-state index in [0.29, 0.717) is 5.69 Å². The third kappa shape index (κ3) is 2.92. The van der Waals surface area contributed by atoms with Crippen LogP contribution in [-0.4, -0.2) is 25.4 Å². The molecule has 1 heterocycles. The Balaban J connectivity index is 2.02. The number of hydrogen-bond donors (Lipinski definition) is 0. The number of benzene rings is 1. The standard InChI is InChI=1S/C12H13NO3/c14-9-13-10-2-1-3-12(8-10)16-11-4-6-15-7-5-11/h1-3,8,11H,4-7H2. The zero-order chi connectivity index (χ0) is 11.2. The first-order chi connectivity index (χ1) is 7.88. The first-order valence-electron chi connectivity index (χ1n) is 5.31. The smallest absolute Gasteiger partial charge is 0.240 e. The summed E-state index contributed by atoms with van der Waals surface area (Å²) in [7, 11) is 0. The molecule has 0 unspecified atom stereocenters. The van der Waals surface area contributed by atoms with Crippen molar-refractivity contribution in [3.63, 3.8) is 0 Å². The molecule has 1 aromatic carbocycles. The molecule has 4 nitrogen and oxygen atoms in total. The number of ether oxygens (including phenoxy) is 2. The molecule has 0 aliphatic carbocycles. The molecule has 1 aliphatic rings. The molecule has 0 spiro atoms. The Morgan fingerprint density at radius 1 is 1.38 bits per heavy atom. The minimum Gasteiger partial charge on any atom is -0.490 e. The molecule has 1 aromatic rings. The number of aliphatic imine (C=N–C) groups is 1. The third-order valence-electron chi connectivity index (χ3n) is 2.46. The monoisotopic (exact) mass is 219 g/mol. The maximum absolute atomic E-state index is 10.1. The SMILES string of the molecule is O=C=Nc1cccc(OC2CCOCC2)c1. The molecule has 84 valence electrons. The van der Waals surface area contributed by atoms with Crippen LogP contribution in [0.25, 0.3) is 0 Å². The lowest BCUT2D eigenvalue weighted by Gasteiger charge is -2.23. The van der Waals surface area contributed by atoms with Crippen LogP contribution in [0, 0.1) is 0 Å². The zero-order valence-corrected chi connectivity index (χ0v) is 8.89.